The van der Waals surface area contributed by atoms with Gasteiger partial charge in [0.2, 0.25) is 0 Å². The van der Waals surface area contributed by atoms with Crippen LogP contribution in [0.5, 0.6) is 0 Å². The first-order valence-corrected chi connectivity index (χ1v) is 3.68. The Morgan fingerprint density at radius 3 is 2.09 bits per heavy atom. The van der Waals surface area contributed by atoms with E-state index in [1.165, 1.54) is 0 Å². The number of ketones is 1. The summed E-state index contributed by atoms with van der Waals surface area (Å²) in [7, 11) is 0. The molecule has 0 atom stereocenters. The molecule has 0 unspecified atom stereocenters. The minimum absolute atomic E-state index is 0.0776. The highest BCUT2D eigenvalue weighted by atomic mass is 16.1. The second-order valence-corrected chi connectivity index (χ2v) is 2.23. The number of carbonyl (C=O) groups excluding carboxylic acids is 1. The van der Waals surface area contributed by atoms with Gasteiger partial charge in [-0.15, -0.1) is 0 Å². The third kappa shape index (κ3) is 5.34. The van der Waals surface area contributed by atoms with Crippen molar-refractivity contribution in [1.29, 1.82) is 0 Å². The lowest BCUT2D eigenvalue weighted by molar-refractivity contribution is -0.112. The average Bonchev–Trinajstić information content (AvgIpc) is 1.97. The summed E-state index contributed by atoms with van der Waals surface area (Å²) < 4.78 is 0. The van der Waals surface area contributed by atoms with Gasteiger partial charge >= 0.3 is 0 Å². The molecule has 60 valence electrons. The molecule has 0 saturated carbocycles. The smallest absolute Gasteiger partial charge is 0.152 e. The predicted molar refractivity (Wildman–Crippen MR) is 48.4 cm³/mol. The maximum atomic E-state index is 10.5. The first-order valence-electron chi connectivity index (χ1n) is 3.68. The fourth-order valence-electron chi connectivity index (χ4n) is 0.654. The number of hydrogen-bond donors (Lipinski definition) is 0. The Balaban J connectivity index is 4.21. The zero-order valence-corrected chi connectivity index (χ0v) is 7.29. The van der Waals surface area contributed by atoms with E-state index >= 15 is 0 Å². The molecule has 0 heterocycles. The number of allylic oxidation sites excluding steroid dienone is 6. The summed E-state index contributed by atoms with van der Waals surface area (Å²) >= 11 is 0. The molecule has 1 nitrogen and oxygen atoms in total. The highest BCUT2D eigenvalue weighted by molar-refractivity contribution is 5.87. The SMILES string of the molecule is CC=CC(C=CC(C)=O)=CC. The van der Waals surface area contributed by atoms with Gasteiger partial charge in [0.1, 0.15) is 0 Å². The van der Waals surface area contributed by atoms with Crippen LogP contribution >= 0.6 is 0 Å². The Bertz CT molecular complexity index is 207. The van der Waals surface area contributed by atoms with Crippen molar-refractivity contribution in [3.63, 3.8) is 0 Å². The lowest BCUT2D eigenvalue weighted by Crippen LogP contribution is -1.80. The third-order valence-corrected chi connectivity index (χ3v) is 1.20. The standard InChI is InChI=1S/C10H14O/c1-4-6-10(5-2)8-7-9(3)11/h4-8H,1-3H3. The Morgan fingerprint density at radius 2 is 1.73 bits per heavy atom. The summed E-state index contributed by atoms with van der Waals surface area (Å²) in [5.41, 5.74) is 1.06. The van der Waals surface area contributed by atoms with Crippen LogP contribution in [0.1, 0.15) is 20.8 Å². The van der Waals surface area contributed by atoms with E-state index in [2.05, 4.69) is 0 Å². The van der Waals surface area contributed by atoms with Gasteiger partial charge in [-0.2, -0.15) is 0 Å². The van der Waals surface area contributed by atoms with Crippen molar-refractivity contribution in [2.45, 2.75) is 20.8 Å². The molecule has 0 bridgehead atoms. The van der Waals surface area contributed by atoms with Gasteiger partial charge < -0.3 is 0 Å². The summed E-state index contributed by atoms with van der Waals surface area (Å²) in [5, 5.41) is 0. The van der Waals surface area contributed by atoms with Crippen molar-refractivity contribution >= 4 is 5.78 Å². The third-order valence-electron chi connectivity index (χ3n) is 1.20. The highest BCUT2D eigenvalue weighted by Crippen LogP contribution is 1.98. The number of rotatable bonds is 3. The Hall–Kier alpha value is -1.11. The molecule has 0 aliphatic rings. The molecule has 0 aliphatic heterocycles. The van der Waals surface area contributed by atoms with Crippen LogP contribution in [0.4, 0.5) is 0 Å². The van der Waals surface area contributed by atoms with E-state index in [9.17, 15) is 4.79 Å². The lowest BCUT2D eigenvalue weighted by Gasteiger charge is -1.88. The van der Waals surface area contributed by atoms with Crippen molar-refractivity contribution < 1.29 is 4.79 Å². The molecular formula is C10H14O. The van der Waals surface area contributed by atoms with E-state index in [4.69, 9.17) is 0 Å². The van der Waals surface area contributed by atoms with Crippen LogP contribution in [0, 0.1) is 0 Å². The molecule has 0 aliphatic carbocycles. The lowest BCUT2D eigenvalue weighted by atomic mass is 10.2. The van der Waals surface area contributed by atoms with E-state index in [0.717, 1.165) is 5.57 Å². The van der Waals surface area contributed by atoms with E-state index in [0.29, 0.717) is 0 Å². The molecule has 0 N–H and O–H groups in total. The van der Waals surface area contributed by atoms with E-state index in [1.54, 1.807) is 13.0 Å². The summed E-state index contributed by atoms with van der Waals surface area (Å²) in [4.78, 5) is 10.5. The van der Waals surface area contributed by atoms with Crippen LogP contribution in [0.25, 0.3) is 0 Å². The van der Waals surface area contributed by atoms with Crippen molar-refractivity contribution in [2.24, 2.45) is 0 Å². The van der Waals surface area contributed by atoms with Gasteiger partial charge in [0.15, 0.2) is 5.78 Å². The zero-order chi connectivity index (χ0) is 8.69. The molecule has 0 aromatic heterocycles. The van der Waals surface area contributed by atoms with Crippen molar-refractivity contribution in [1.82, 2.24) is 0 Å². The Labute approximate surface area is 68.1 Å². The molecule has 11 heavy (non-hydrogen) atoms. The molecular weight excluding hydrogens is 136 g/mol. The Kier molecular flexibility index (Phi) is 5.09. The van der Waals surface area contributed by atoms with Crippen LogP contribution in [-0.2, 0) is 4.79 Å². The summed E-state index contributed by atoms with van der Waals surface area (Å²) in [6.07, 6.45) is 9.23. The first kappa shape index (κ1) is 9.89. The van der Waals surface area contributed by atoms with Crippen molar-refractivity contribution in [2.75, 3.05) is 0 Å². The summed E-state index contributed by atoms with van der Waals surface area (Å²) in [5.74, 6) is 0.0776. The minimum atomic E-state index is 0.0776. The molecule has 1 heteroatoms. The van der Waals surface area contributed by atoms with Gasteiger partial charge in [-0.25, -0.2) is 0 Å². The summed E-state index contributed by atoms with van der Waals surface area (Å²) in [6.45, 7) is 5.43. The second kappa shape index (κ2) is 5.66. The maximum Gasteiger partial charge on any atom is 0.152 e. The first-order chi connectivity index (χ1) is 5.20. The fourth-order valence-corrected chi connectivity index (χ4v) is 0.654. The van der Waals surface area contributed by atoms with E-state index in [-0.39, 0.29) is 5.78 Å². The molecule has 0 radical (unpaired) electrons. The number of hydrogen-bond acceptors (Lipinski definition) is 1. The van der Waals surface area contributed by atoms with Crippen LogP contribution in [0.2, 0.25) is 0 Å². The largest absolute Gasteiger partial charge is 0.295 e. The average molecular weight is 150 g/mol. The molecule has 0 fully saturated rings. The van der Waals surface area contributed by atoms with E-state index in [1.807, 2.05) is 38.2 Å². The van der Waals surface area contributed by atoms with Crippen molar-refractivity contribution in [3.8, 4) is 0 Å². The molecule has 0 amide bonds. The molecule has 0 aromatic carbocycles. The van der Waals surface area contributed by atoms with Crippen LogP contribution in [0.15, 0.2) is 36.0 Å². The van der Waals surface area contributed by atoms with Gasteiger partial charge in [0, 0.05) is 0 Å². The molecule has 0 saturated heterocycles. The van der Waals surface area contributed by atoms with Gasteiger partial charge in [-0.1, -0.05) is 24.3 Å². The second-order valence-electron chi connectivity index (χ2n) is 2.23. The highest BCUT2D eigenvalue weighted by Gasteiger charge is 1.83. The normalized spacial score (nSPS) is 13.2. The van der Waals surface area contributed by atoms with Gasteiger partial charge in [0.05, 0.1) is 0 Å². The maximum absolute atomic E-state index is 10.5. The fraction of sp³-hybridized carbons (Fsp3) is 0.300. The topological polar surface area (TPSA) is 17.1 Å². The summed E-state index contributed by atoms with van der Waals surface area (Å²) in [6, 6.07) is 0. The van der Waals surface area contributed by atoms with Crippen LogP contribution in [0.3, 0.4) is 0 Å². The zero-order valence-electron chi connectivity index (χ0n) is 7.29. The quantitative estimate of drug-likeness (QED) is 0.446. The molecule has 0 aromatic rings. The van der Waals surface area contributed by atoms with Crippen LogP contribution in [-0.4, -0.2) is 5.78 Å². The van der Waals surface area contributed by atoms with Crippen LogP contribution < -0.4 is 0 Å². The van der Waals surface area contributed by atoms with Gasteiger partial charge in [0.25, 0.3) is 0 Å². The van der Waals surface area contributed by atoms with Gasteiger partial charge in [-0.05, 0) is 32.4 Å². The molecule has 0 rings (SSSR count). The van der Waals surface area contributed by atoms with Gasteiger partial charge in [-0.3, -0.25) is 4.79 Å². The van der Waals surface area contributed by atoms with Crippen molar-refractivity contribution in [3.05, 3.63) is 36.0 Å². The predicted octanol–water partition coefficient (Wildman–Crippen LogP) is 2.65. The Morgan fingerprint density at radius 1 is 1.09 bits per heavy atom. The van der Waals surface area contributed by atoms with E-state index < -0.39 is 0 Å². The number of carbonyl (C=O) groups is 1. The monoisotopic (exact) mass is 150 g/mol. The minimum Gasteiger partial charge on any atom is -0.295 e. The molecule has 0 spiro atoms.